The summed E-state index contributed by atoms with van der Waals surface area (Å²) < 4.78 is 0. The summed E-state index contributed by atoms with van der Waals surface area (Å²) >= 11 is 0. The molecule has 0 saturated carbocycles. The Hall–Kier alpha value is -1.55. The average Bonchev–Trinajstić information content (AvgIpc) is 2.41. The first-order valence-electron chi connectivity index (χ1n) is 6.59. The summed E-state index contributed by atoms with van der Waals surface area (Å²) in [6, 6.07) is 8.11. The summed E-state index contributed by atoms with van der Waals surface area (Å²) in [5.74, 6) is -0.0109. The van der Waals surface area contributed by atoms with E-state index < -0.39 is 0 Å². The minimum absolute atomic E-state index is 0.0109. The van der Waals surface area contributed by atoms with Crippen LogP contribution in [0.4, 0.5) is 11.4 Å². The van der Waals surface area contributed by atoms with Gasteiger partial charge in [0.15, 0.2) is 0 Å². The van der Waals surface area contributed by atoms with Crippen LogP contribution < -0.4 is 15.5 Å². The summed E-state index contributed by atoms with van der Waals surface area (Å²) in [6.45, 7) is 2.63. The molecule has 1 aromatic rings. The number of likely N-dealkylation sites (N-methyl/N-ethyl adjacent to an activating group) is 1. The van der Waals surface area contributed by atoms with Gasteiger partial charge >= 0.3 is 0 Å². The van der Waals surface area contributed by atoms with Crippen LogP contribution in [0.3, 0.4) is 0 Å². The van der Waals surface area contributed by atoms with Crippen molar-refractivity contribution in [3.05, 3.63) is 24.3 Å². The normalized spacial score (nSPS) is 15.5. The second kappa shape index (κ2) is 6.40. The third-order valence-electron chi connectivity index (χ3n) is 3.21. The first-order chi connectivity index (χ1) is 8.79. The average molecular weight is 247 g/mol. The molecule has 0 aliphatic carbocycles. The fraction of sp³-hybridized carbons (Fsp3) is 0.500. The molecule has 18 heavy (non-hydrogen) atoms. The molecule has 4 heteroatoms. The minimum Gasteiger partial charge on any atom is -0.372 e. The van der Waals surface area contributed by atoms with E-state index in [0.29, 0.717) is 6.54 Å². The van der Waals surface area contributed by atoms with Crippen molar-refractivity contribution in [2.24, 2.45) is 0 Å². The van der Waals surface area contributed by atoms with Crippen LogP contribution in [0.5, 0.6) is 0 Å². The molecule has 0 atom stereocenters. The van der Waals surface area contributed by atoms with Gasteiger partial charge in [0.2, 0.25) is 5.91 Å². The van der Waals surface area contributed by atoms with Gasteiger partial charge in [-0.25, -0.2) is 0 Å². The number of carbonyl (C=O) groups excluding carboxylic acids is 1. The first kappa shape index (κ1) is 12.9. The maximum absolute atomic E-state index is 11.4. The highest BCUT2D eigenvalue weighted by atomic mass is 16.1. The number of hydrogen-bond acceptors (Lipinski definition) is 3. The van der Waals surface area contributed by atoms with E-state index in [9.17, 15) is 4.79 Å². The molecular formula is C14H21N3O. The van der Waals surface area contributed by atoms with Crippen LogP contribution in [0.1, 0.15) is 19.3 Å². The molecule has 2 N–H and O–H groups in total. The molecular weight excluding hydrogens is 226 g/mol. The van der Waals surface area contributed by atoms with Gasteiger partial charge in [0, 0.05) is 24.5 Å². The maximum Gasteiger partial charge on any atom is 0.238 e. The predicted octanol–water partition coefficient (Wildman–Crippen LogP) is 1.83. The van der Waals surface area contributed by atoms with Gasteiger partial charge < -0.3 is 15.5 Å². The van der Waals surface area contributed by atoms with E-state index in [4.69, 9.17) is 0 Å². The number of hydrogen-bond donors (Lipinski definition) is 2. The van der Waals surface area contributed by atoms with E-state index in [0.717, 1.165) is 18.8 Å². The van der Waals surface area contributed by atoms with E-state index in [2.05, 4.69) is 27.7 Å². The van der Waals surface area contributed by atoms with E-state index in [1.54, 1.807) is 7.05 Å². The Bertz CT molecular complexity index is 383. The molecule has 1 amide bonds. The highest BCUT2D eigenvalue weighted by Crippen LogP contribution is 2.21. The van der Waals surface area contributed by atoms with Gasteiger partial charge in [-0.2, -0.15) is 0 Å². The topological polar surface area (TPSA) is 44.4 Å². The zero-order chi connectivity index (χ0) is 12.8. The molecule has 0 spiro atoms. The Morgan fingerprint density at radius 2 is 1.83 bits per heavy atom. The van der Waals surface area contributed by atoms with Crippen molar-refractivity contribution >= 4 is 17.3 Å². The second-order valence-electron chi connectivity index (χ2n) is 4.67. The van der Waals surface area contributed by atoms with E-state index in [1.807, 2.05) is 12.1 Å². The van der Waals surface area contributed by atoms with Crippen molar-refractivity contribution in [2.45, 2.75) is 19.3 Å². The molecule has 1 heterocycles. The number of carbonyl (C=O) groups is 1. The Morgan fingerprint density at radius 1 is 1.17 bits per heavy atom. The van der Waals surface area contributed by atoms with Gasteiger partial charge in [0.1, 0.15) is 0 Å². The smallest absolute Gasteiger partial charge is 0.238 e. The lowest BCUT2D eigenvalue weighted by molar-refractivity contribution is -0.115. The number of nitrogens with one attached hydrogen (secondary N) is 2. The first-order valence-corrected chi connectivity index (χ1v) is 6.59. The maximum atomic E-state index is 11.4. The molecule has 1 saturated heterocycles. The van der Waals surface area contributed by atoms with Crippen molar-refractivity contribution < 1.29 is 4.79 Å². The SMILES string of the molecule is CNCC(=O)Nc1ccc(N2CCCCC2)cc1. The lowest BCUT2D eigenvalue weighted by Gasteiger charge is -2.28. The van der Waals surface area contributed by atoms with Gasteiger partial charge in [0.25, 0.3) is 0 Å². The number of piperidine rings is 1. The van der Waals surface area contributed by atoms with E-state index in [1.165, 1.54) is 24.9 Å². The summed E-state index contributed by atoms with van der Waals surface area (Å²) in [5.41, 5.74) is 2.11. The molecule has 1 aliphatic heterocycles. The van der Waals surface area contributed by atoms with Crippen molar-refractivity contribution in [3.8, 4) is 0 Å². The van der Waals surface area contributed by atoms with E-state index >= 15 is 0 Å². The standard InChI is InChI=1S/C14H21N3O/c1-15-11-14(18)16-12-5-7-13(8-6-12)17-9-3-2-4-10-17/h5-8,15H,2-4,9-11H2,1H3,(H,16,18). The molecule has 1 aromatic carbocycles. The highest BCUT2D eigenvalue weighted by molar-refractivity contribution is 5.92. The van der Waals surface area contributed by atoms with Crippen LogP contribution in [-0.4, -0.2) is 32.6 Å². The Balaban J connectivity index is 1.94. The van der Waals surface area contributed by atoms with Crippen LogP contribution >= 0.6 is 0 Å². The molecule has 0 aromatic heterocycles. The fourth-order valence-electron chi connectivity index (χ4n) is 2.27. The molecule has 0 unspecified atom stereocenters. The number of anilines is 2. The van der Waals surface area contributed by atoms with E-state index in [-0.39, 0.29) is 5.91 Å². The summed E-state index contributed by atoms with van der Waals surface area (Å²) in [6.07, 6.45) is 3.90. The fourth-order valence-corrected chi connectivity index (χ4v) is 2.27. The van der Waals surface area contributed by atoms with Crippen molar-refractivity contribution in [1.29, 1.82) is 0 Å². The molecule has 4 nitrogen and oxygen atoms in total. The molecule has 1 fully saturated rings. The zero-order valence-corrected chi connectivity index (χ0v) is 10.9. The van der Waals surface area contributed by atoms with Gasteiger partial charge in [-0.05, 0) is 50.6 Å². The van der Waals surface area contributed by atoms with Crippen LogP contribution in [0, 0.1) is 0 Å². The van der Waals surface area contributed by atoms with Crippen LogP contribution in [0.25, 0.3) is 0 Å². The van der Waals surface area contributed by atoms with Gasteiger partial charge in [-0.1, -0.05) is 0 Å². The minimum atomic E-state index is -0.0109. The van der Waals surface area contributed by atoms with Crippen molar-refractivity contribution in [2.75, 3.05) is 36.9 Å². The molecule has 0 bridgehead atoms. The Kier molecular flexibility index (Phi) is 4.59. The van der Waals surface area contributed by atoms with Gasteiger partial charge in [-0.15, -0.1) is 0 Å². The summed E-state index contributed by atoms with van der Waals surface area (Å²) in [5, 5.41) is 5.68. The predicted molar refractivity (Wildman–Crippen MR) is 75.1 cm³/mol. The number of nitrogens with zero attached hydrogens (tertiary/aromatic N) is 1. The van der Waals surface area contributed by atoms with Gasteiger partial charge in [-0.3, -0.25) is 4.79 Å². The third kappa shape index (κ3) is 3.47. The summed E-state index contributed by atoms with van der Waals surface area (Å²) in [7, 11) is 1.76. The monoisotopic (exact) mass is 247 g/mol. The molecule has 98 valence electrons. The lowest BCUT2D eigenvalue weighted by atomic mass is 10.1. The van der Waals surface area contributed by atoms with Crippen molar-refractivity contribution in [1.82, 2.24) is 5.32 Å². The summed E-state index contributed by atoms with van der Waals surface area (Å²) in [4.78, 5) is 13.8. The Morgan fingerprint density at radius 3 is 2.44 bits per heavy atom. The lowest BCUT2D eigenvalue weighted by Crippen LogP contribution is -2.29. The largest absolute Gasteiger partial charge is 0.372 e. The van der Waals surface area contributed by atoms with Gasteiger partial charge in [0.05, 0.1) is 6.54 Å². The van der Waals surface area contributed by atoms with Crippen LogP contribution in [0.15, 0.2) is 24.3 Å². The number of amides is 1. The third-order valence-corrected chi connectivity index (χ3v) is 3.21. The zero-order valence-electron chi connectivity index (χ0n) is 10.9. The quantitative estimate of drug-likeness (QED) is 0.853. The highest BCUT2D eigenvalue weighted by Gasteiger charge is 2.10. The molecule has 0 radical (unpaired) electrons. The second-order valence-corrected chi connectivity index (χ2v) is 4.67. The van der Waals surface area contributed by atoms with Crippen LogP contribution in [0.2, 0.25) is 0 Å². The molecule has 2 rings (SSSR count). The number of rotatable bonds is 4. The van der Waals surface area contributed by atoms with Crippen LogP contribution in [-0.2, 0) is 4.79 Å². The molecule has 1 aliphatic rings. The van der Waals surface area contributed by atoms with Crippen molar-refractivity contribution in [3.63, 3.8) is 0 Å². The number of benzene rings is 1. The Labute approximate surface area is 108 Å².